The van der Waals surface area contributed by atoms with Crippen molar-refractivity contribution in [3.8, 4) is 0 Å². The van der Waals surface area contributed by atoms with Gasteiger partial charge in [-0.2, -0.15) is 0 Å². The number of hydrogen-bond acceptors (Lipinski definition) is 1. The maximum atomic E-state index is 3.65. The molecule has 0 spiro atoms. The molecule has 0 aliphatic carbocycles. The number of rotatable bonds is 7. The highest BCUT2D eigenvalue weighted by Crippen LogP contribution is 2.19. The number of benzene rings is 1. The zero-order chi connectivity index (χ0) is 12.7. The lowest BCUT2D eigenvalue weighted by atomic mass is 10.0. The van der Waals surface area contributed by atoms with Gasteiger partial charge in [-0.3, -0.25) is 0 Å². The van der Waals surface area contributed by atoms with E-state index >= 15 is 0 Å². The van der Waals surface area contributed by atoms with Crippen LogP contribution >= 0.6 is 0 Å². The number of hydrogen-bond donors (Lipinski definition) is 1. The van der Waals surface area contributed by atoms with E-state index in [1.807, 2.05) is 0 Å². The lowest BCUT2D eigenvalue weighted by molar-refractivity contribution is 0.527. The zero-order valence-corrected chi connectivity index (χ0v) is 11.8. The zero-order valence-electron chi connectivity index (χ0n) is 11.8. The summed E-state index contributed by atoms with van der Waals surface area (Å²) >= 11 is 0. The lowest BCUT2D eigenvalue weighted by Gasteiger charge is -2.18. The molecule has 1 unspecified atom stereocenters. The van der Waals surface area contributed by atoms with Crippen LogP contribution in [0.5, 0.6) is 0 Å². The summed E-state index contributed by atoms with van der Waals surface area (Å²) in [6.45, 7) is 9.10. The third-order valence-corrected chi connectivity index (χ3v) is 3.12. The number of nitrogens with one attached hydrogen (secondary N) is 1. The molecule has 96 valence electrons. The van der Waals surface area contributed by atoms with Crippen molar-refractivity contribution in [2.75, 3.05) is 5.32 Å². The van der Waals surface area contributed by atoms with Gasteiger partial charge in [0.15, 0.2) is 0 Å². The van der Waals surface area contributed by atoms with Crippen molar-refractivity contribution in [1.29, 1.82) is 0 Å². The number of anilines is 1. The Balaban J connectivity index is 2.54. The molecule has 1 atom stereocenters. The predicted molar refractivity (Wildman–Crippen MR) is 77.6 cm³/mol. The summed E-state index contributed by atoms with van der Waals surface area (Å²) in [5.41, 5.74) is 2.78. The van der Waals surface area contributed by atoms with Gasteiger partial charge in [0.1, 0.15) is 0 Å². The third kappa shape index (κ3) is 5.25. The summed E-state index contributed by atoms with van der Waals surface area (Å²) in [6, 6.07) is 9.26. The fraction of sp³-hybridized carbons (Fsp3) is 0.625. The number of para-hydroxylation sites is 1. The first kappa shape index (κ1) is 14.1. The molecule has 1 nitrogen and oxygen atoms in total. The fourth-order valence-electron chi connectivity index (χ4n) is 2.07. The van der Waals surface area contributed by atoms with Crippen molar-refractivity contribution in [1.82, 2.24) is 0 Å². The topological polar surface area (TPSA) is 12.0 Å². The van der Waals surface area contributed by atoms with Gasteiger partial charge in [-0.15, -0.1) is 0 Å². The van der Waals surface area contributed by atoms with Crippen LogP contribution in [0.2, 0.25) is 0 Å². The highest BCUT2D eigenvalue weighted by atomic mass is 14.9. The van der Waals surface area contributed by atoms with Gasteiger partial charge in [0.05, 0.1) is 0 Å². The van der Waals surface area contributed by atoms with Crippen LogP contribution in [-0.2, 0) is 6.42 Å². The maximum Gasteiger partial charge on any atom is 0.0374 e. The molecule has 1 N–H and O–H groups in total. The van der Waals surface area contributed by atoms with Gasteiger partial charge in [-0.25, -0.2) is 0 Å². The van der Waals surface area contributed by atoms with Gasteiger partial charge in [0.2, 0.25) is 0 Å². The second-order valence-electron chi connectivity index (χ2n) is 5.42. The van der Waals surface area contributed by atoms with Crippen molar-refractivity contribution in [2.45, 2.75) is 59.4 Å². The Morgan fingerprint density at radius 3 is 2.41 bits per heavy atom. The first-order valence-electron chi connectivity index (χ1n) is 6.98. The molecule has 0 fully saturated rings. The molecule has 0 aromatic heterocycles. The highest BCUT2D eigenvalue weighted by Gasteiger charge is 2.06. The largest absolute Gasteiger partial charge is 0.382 e. The molecule has 0 radical (unpaired) electrons. The van der Waals surface area contributed by atoms with Crippen LogP contribution in [0.25, 0.3) is 0 Å². The molecule has 1 heteroatoms. The first-order chi connectivity index (χ1) is 8.13. The Bertz CT molecular complexity index is 317. The summed E-state index contributed by atoms with van der Waals surface area (Å²) < 4.78 is 0. The van der Waals surface area contributed by atoms with Gasteiger partial charge >= 0.3 is 0 Å². The van der Waals surface area contributed by atoms with E-state index in [4.69, 9.17) is 0 Å². The minimum Gasteiger partial charge on any atom is -0.382 e. The Kier molecular flexibility index (Phi) is 6.10. The summed E-state index contributed by atoms with van der Waals surface area (Å²) in [5, 5.41) is 3.65. The molecule has 1 aromatic rings. The van der Waals surface area contributed by atoms with Crippen molar-refractivity contribution in [3.05, 3.63) is 29.8 Å². The molecular weight excluding hydrogens is 206 g/mol. The molecule has 0 amide bonds. The van der Waals surface area contributed by atoms with Gasteiger partial charge in [-0.1, -0.05) is 45.4 Å². The van der Waals surface area contributed by atoms with Crippen LogP contribution in [0, 0.1) is 5.92 Å². The molecule has 0 aliphatic heterocycles. The standard InChI is InChI=1S/C16H27N/c1-5-8-15-9-6-7-10-16(15)17-14(4)12-11-13(2)3/h6-7,9-10,13-14,17H,5,8,11-12H2,1-4H3. The van der Waals surface area contributed by atoms with E-state index in [-0.39, 0.29) is 0 Å². The smallest absolute Gasteiger partial charge is 0.0374 e. The Labute approximate surface area is 107 Å². The molecule has 0 heterocycles. The van der Waals surface area contributed by atoms with E-state index in [0.29, 0.717) is 6.04 Å². The third-order valence-electron chi connectivity index (χ3n) is 3.12. The Morgan fingerprint density at radius 1 is 1.06 bits per heavy atom. The van der Waals surface area contributed by atoms with Crippen LogP contribution in [0.15, 0.2) is 24.3 Å². The average Bonchev–Trinajstić information content (AvgIpc) is 2.29. The van der Waals surface area contributed by atoms with Gasteiger partial charge in [-0.05, 0) is 43.7 Å². The van der Waals surface area contributed by atoms with Crippen LogP contribution in [0.1, 0.15) is 52.5 Å². The second kappa shape index (κ2) is 7.37. The van der Waals surface area contributed by atoms with Crippen molar-refractivity contribution in [3.63, 3.8) is 0 Å². The lowest BCUT2D eigenvalue weighted by Crippen LogP contribution is -2.16. The van der Waals surface area contributed by atoms with Crippen LogP contribution in [0.4, 0.5) is 5.69 Å². The van der Waals surface area contributed by atoms with E-state index in [1.165, 1.54) is 36.9 Å². The first-order valence-corrected chi connectivity index (χ1v) is 6.98. The van der Waals surface area contributed by atoms with E-state index in [0.717, 1.165) is 5.92 Å². The van der Waals surface area contributed by atoms with Gasteiger partial charge in [0, 0.05) is 11.7 Å². The monoisotopic (exact) mass is 233 g/mol. The van der Waals surface area contributed by atoms with E-state index in [1.54, 1.807) is 0 Å². The average molecular weight is 233 g/mol. The molecule has 1 aromatic carbocycles. The van der Waals surface area contributed by atoms with E-state index < -0.39 is 0 Å². The summed E-state index contributed by atoms with van der Waals surface area (Å²) in [7, 11) is 0. The normalized spacial score (nSPS) is 12.8. The maximum absolute atomic E-state index is 3.65. The van der Waals surface area contributed by atoms with Gasteiger partial charge in [0.25, 0.3) is 0 Å². The fourth-order valence-corrected chi connectivity index (χ4v) is 2.07. The number of aryl methyl sites for hydroxylation is 1. The van der Waals surface area contributed by atoms with Gasteiger partial charge < -0.3 is 5.32 Å². The minimum absolute atomic E-state index is 0.565. The molecule has 1 rings (SSSR count). The van der Waals surface area contributed by atoms with E-state index in [2.05, 4.69) is 57.3 Å². The quantitative estimate of drug-likeness (QED) is 0.708. The van der Waals surface area contributed by atoms with Crippen LogP contribution in [-0.4, -0.2) is 6.04 Å². The Morgan fingerprint density at radius 2 is 1.76 bits per heavy atom. The Hall–Kier alpha value is -0.980. The summed E-state index contributed by atoms with van der Waals surface area (Å²) in [5.74, 6) is 0.796. The SMILES string of the molecule is CCCc1ccccc1NC(C)CCC(C)C. The molecular formula is C16H27N. The minimum atomic E-state index is 0.565. The highest BCUT2D eigenvalue weighted by molar-refractivity contribution is 5.51. The van der Waals surface area contributed by atoms with E-state index in [9.17, 15) is 0 Å². The molecule has 17 heavy (non-hydrogen) atoms. The molecule has 0 saturated heterocycles. The predicted octanol–water partition coefficient (Wildman–Crippen LogP) is 4.88. The van der Waals surface area contributed by atoms with Crippen molar-refractivity contribution >= 4 is 5.69 Å². The van der Waals surface area contributed by atoms with Crippen LogP contribution in [0.3, 0.4) is 0 Å². The van der Waals surface area contributed by atoms with Crippen molar-refractivity contribution < 1.29 is 0 Å². The molecule has 0 aliphatic rings. The molecule has 0 saturated carbocycles. The van der Waals surface area contributed by atoms with Crippen molar-refractivity contribution in [2.24, 2.45) is 5.92 Å². The van der Waals surface area contributed by atoms with Crippen LogP contribution < -0.4 is 5.32 Å². The molecule has 0 bridgehead atoms. The summed E-state index contributed by atoms with van der Waals surface area (Å²) in [6.07, 6.45) is 4.92. The second-order valence-corrected chi connectivity index (χ2v) is 5.42. The summed E-state index contributed by atoms with van der Waals surface area (Å²) in [4.78, 5) is 0.